The number of anilines is 1. The first-order chi connectivity index (χ1) is 11.6. The Morgan fingerprint density at radius 1 is 1.12 bits per heavy atom. The lowest BCUT2D eigenvalue weighted by molar-refractivity contribution is 0.0608. The normalized spacial score (nSPS) is 13.3. The first-order valence-electron chi connectivity index (χ1n) is 7.78. The summed E-state index contributed by atoms with van der Waals surface area (Å²) in [6.07, 6.45) is 1.66. The molecule has 124 valence electrons. The topological polar surface area (TPSA) is 105 Å². The maximum Gasteiger partial charge on any atom is 0.333 e. The van der Waals surface area contributed by atoms with E-state index in [4.69, 9.17) is 5.84 Å². The lowest BCUT2D eigenvalue weighted by atomic mass is 9.93. The minimum atomic E-state index is -0.575. The molecular weight excluding hydrogens is 308 g/mol. The van der Waals surface area contributed by atoms with Crippen molar-refractivity contribution in [2.45, 2.75) is 19.8 Å². The number of nitrogens with two attached hydrogens (primary N) is 1. The molecule has 1 aliphatic heterocycles. The largest absolute Gasteiger partial charge is 0.333 e. The van der Waals surface area contributed by atoms with E-state index in [1.54, 1.807) is 30.3 Å². The van der Waals surface area contributed by atoms with E-state index >= 15 is 0 Å². The molecule has 0 atom stereocenters. The Morgan fingerprint density at radius 3 is 2.50 bits per heavy atom. The number of hydrogen-bond acceptors (Lipinski definition) is 4. The Bertz CT molecular complexity index is 825. The molecule has 0 saturated carbocycles. The van der Waals surface area contributed by atoms with Crippen molar-refractivity contribution in [3.05, 3.63) is 41.5 Å². The molecule has 7 heteroatoms. The third-order valence-corrected chi connectivity index (χ3v) is 4.11. The molecule has 0 bridgehead atoms. The van der Waals surface area contributed by atoms with Crippen LogP contribution in [0, 0.1) is 0 Å². The molecule has 0 unspecified atom stereocenters. The summed E-state index contributed by atoms with van der Waals surface area (Å²) >= 11 is 0. The number of hydrazine groups is 1. The molecule has 1 aliphatic rings. The van der Waals surface area contributed by atoms with Gasteiger partial charge in [0.15, 0.2) is 0 Å². The van der Waals surface area contributed by atoms with Crippen molar-refractivity contribution >= 4 is 34.3 Å². The molecule has 0 radical (unpaired) electrons. The van der Waals surface area contributed by atoms with Crippen LogP contribution in [0.15, 0.2) is 30.3 Å². The van der Waals surface area contributed by atoms with Gasteiger partial charge in [-0.2, -0.15) is 0 Å². The second-order valence-corrected chi connectivity index (χ2v) is 5.60. The van der Waals surface area contributed by atoms with Gasteiger partial charge in [0.1, 0.15) is 0 Å². The van der Waals surface area contributed by atoms with Crippen molar-refractivity contribution in [2.24, 2.45) is 5.84 Å². The summed E-state index contributed by atoms with van der Waals surface area (Å²) in [6.45, 7) is 2.41. The quantitative estimate of drug-likeness (QED) is 0.347. The van der Waals surface area contributed by atoms with Crippen LogP contribution in [0.2, 0.25) is 0 Å². The number of unbranched alkanes of at least 4 members (excludes halogenated alkanes) is 1. The van der Waals surface area contributed by atoms with E-state index in [1.165, 1.54) is 4.90 Å². The van der Waals surface area contributed by atoms with E-state index in [-0.39, 0.29) is 11.8 Å². The molecule has 3 rings (SSSR count). The maximum absolute atomic E-state index is 12.7. The van der Waals surface area contributed by atoms with Gasteiger partial charge < -0.3 is 5.32 Å². The van der Waals surface area contributed by atoms with Gasteiger partial charge in [-0.05, 0) is 24.6 Å². The van der Waals surface area contributed by atoms with Crippen LogP contribution < -0.4 is 16.6 Å². The Balaban J connectivity index is 2.15. The van der Waals surface area contributed by atoms with Crippen molar-refractivity contribution < 1.29 is 14.4 Å². The average molecular weight is 326 g/mol. The number of nitrogens with zero attached hydrogens (tertiary/aromatic N) is 1. The van der Waals surface area contributed by atoms with E-state index in [1.807, 2.05) is 12.3 Å². The van der Waals surface area contributed by atoms with Gasteiger partial charge in [-0.15, -0.1) is 0 Å². The third-order valence-electron chi connectivity index (χ3n) is 4.11. The van der Waals surface area contributed by atoms with E-state index < -0.39 is 6.03 Å². The van der Waals surface area contributed by atoms with Crippen LogP contribution in [0.25, 0.3) is 10.8 Å². The van der Waals surface area contributed by atoms with Crippen molar-refractivity contribution in [1.82, 2.24) is 10.3 Å². The highest BCUT2D eigenvalue weighted by atomic mass is 16.2. The van der Waals surface area contributed by atoms with Crippen LogP contribution in [-0.2, 0) is 0 Å². The number of benzene rings is 2. The van der Waals surface area contributed by atoms with E-state index in [0.717, 1.165) is 12.8 Å². The van der Waals surface area contributed by atoms with E-state index in [2.05, 4.69) is 5.32 Å². The summed E-state index contributed by atoms with van der Waals surface area (Å²) in [5.41, 5.74) is 3.41. The maximum atomic E-state index is 12.7. The monoisotopic (exact) mass is 326 g/mol. The van der Waals surface area contributed by atoms with Gasteiger partial charge in [0, 0.05) is 28.4 Å². The van der Waals surface area contributed by atoms with Crippen LogP contribution in [0.4, 0.5) is 10.5 Å². The van der Waals surface area contributed by atoms with E-state index in [0.29, 0.717) is 34.1 Å². The SMILES string of the molecule is CCCCN1C(=O)c2cccc3c(NC(=O)NN)ccc(c23)C1=O. The summed E-state index contributed by atoms with van der Waals surface area (Å²) in [4.78, 5) is 38.2. The number of imide groups is 1. The van der Waals surface area contributed by atoms with Gasteiger partial charge in [-0.1, -0.05) is 25.5 Å². The smallest absolute Gasteiger partial charge is 0.306 e. The molecule has 4 N–H and O–H groups in total. The number of carbonyl (C=O) groups is 3. The Hall–Kier alpha value is -2.93. The van der Waals surface area contributed by atoms with Crippen LogP contribution >= 0.6 is 0 Å². The fourth-order valence-electron chi connectivity index (χ4n) is 2.93. The zero-order valence-corrected chi connectivity index (χ0v) is 13.3. The summed E-state index contributed by atoms with van der Waals surface area (Å²) in [5, 5.41) is 3.80. The summed E-state index contributed by atoms with van der Waals surface area (Å²) < 4.78 is 0. The van der Waals surface area contributed by atoms with Crippen molar-refractivity contribution in [2.75, 3.05) is 11.9 Å². The predicted octanol–water partition coefficient (Wildman–Crippen LogP) is 2.23. The Kier molecular flexibility index (Phi) is 4.18. The first kappa shape index (κ1) is 15.9. The van der Waals surface area contributed by atoms with Crippen molar-refractivity contribution in [1.29, 1.82) is 0 Å². The summed E-state index contributed by atoms with van der Waals surface area (Å²) in [5.74, 6) is 4.49. The molecule has 0 fully saturated rings. The lowest BCUT2D eigenvalue weighted by Crippen LogP contribution is -2.41. The molecule has 0 aliphatic carbocycles. The van der Waals surface area contributed by atoms with Gasteiger partial charge in [0.05, 0.1) is 5.69 Å². The fourth-order valence-corrected chi connectivity index (χ4v) is 2.93. The molecule has 0 saturated heterocycles. The molecule has 0 spiro atoms. The van der Waals surface area contributed by atoms with Crippen molar-refractivity contribution in [3.63, 3.8) is 0 Å². The zero-order valence-electron chi connectivity index (χ0n) is 13.3. The van der Waals surface area contributed by atoms with Crippen molar-refractivity contribution in [3.8, 4) is 0 Å². The molecule has 7 nitrogen and oxygen atoms in total. The highest BCUT2D eigenvalue weighted by Gasteiger charge is 2.32. The minimum Gasteiger partial charge on any atom is -0.306 e. The average Bonchev–Trinajstić information content (AvgIpc) is 2.60. The summed E-state index contributed by atoms with van der Waals surface area (Å²) in [7, 11) is 0. The second-order valence-electron chi connectivity index (χ2n) is 5.60. The Labute approximate surface area is 138 Å². The number of hydrogen-bond donors (Lipinski definition) is 3. The predicted molar refractivity (Wildman–Crippen MR) is 90.6 cm³/mol. The highest BCUT2D eigenvalue weighted by Crippen LogP contribution is 2.34. The molecule has 0 aromatic heterocycles. The molecule has 4 amide bonds. The molecule has 1 heterocycles. The van der Waals surface area contributed by atoms with Crippen LogP contribution in [0.5, 0.6) is 0 Å². The number of rotatable bonds is 4. The standard InChI is InChI=1S/C17H18N4O3/c1-2-3-9-21-15(22)11-6-4-5-10-13(19-17(24)20-18)8-7-12(14(10)11)16(21)23/h4-8H,2-3,9,18H2,1H3,(H2,19,20,24). The van der Waals surface area contributed by atoms with Gasteiger partial charge >= 0.3 is 6.03 Å². The zero-order chi connectivity index (χ0) is 17.3. The van der Waals surface area contributed by atoms with Crippen LogP contribution in [0.3, 0.4) is 0 Å². The van der Waals surface area contributed by atoms with Crippen LogP contribution in [0.1, 0.15) is 40.5 Å². The van der Waals surface area contributed by atoms with Gasteiger partial charge in [-0.3, -0.25) is 19.9 Å². The van der Waals surface area contributed by atoms with Gasteiger partial charge in [-0.25, -0.2) is 10.6 Å². The number of nitrogens with one attached hydrogen (secondary N) is 2. The fraction of sp³-hybridized carbons (Fsp3) is 0.235. The number of urea groups is 1. The minimum absolute atomic E-state index is 0.299. The molecular formula is C17H18N4O3. The highest BCUT2D eigenvalue weighted by molar-refractivity contribution is 6.27. The van der Waals surface area contributed by atoms with E-state index in [9.17, 15) is 14.4 Å². The molecule has 2 aromatic carbocycles. The molecule has 2 aromatic rings. The summed E-state index contributed by atoms with van der Waals surface area (Å²) in [6, 6.07) is 7.89. The number of amides is 4. The van der Waals surface area contributed by atoms with Gasteiger partial charge in [0.2, 0.25) is 0 Å². The molecule has 24 heavy (non-hydrogen) atoms. The van der Waals surface area contributed by atoms with Crippen LogP contribution in [-0.4, -0.2) is 29.3 Å². The first-order valence-corrected chi connectivity index (χ1v) is 7.78. The Morgan fingerprint density at radius 2 is 1.83 bits per heavy atom. The lowest BCUT2D eigenvalue weighted by Gasteiger charge is -2.27. The number of carbonyl (C=O) groups excluding carboxylic acids is 3. The van der Waals surface area contributed by atoms with Gasteiger partial charge in [0.25, 0.3) is 11.8 Å². The second kappa shape index (κ2) is 6.29. The third kappa shape index (κ3) is 2.48.